The molecule has 3 heterocycles. The normalized spacial score (nSPS) is 18.5. The highest BCUT2D eigenvalue weighted by atomic mass is 16.3. The molecule has 2 aromatic rings. The van der Waals surface area contributed by atoms with Crippen LogP contribution in [-0.2, 0) is 9.59 Å². The molecule has 2 amide bonds. The molecule has 160 valence electrons. The van der Waals surface area contributed by atoms with Gasteiger partial charge in [-0.25, -0.2) is 0 Å². The van der Waals surface area contributed by atoms with Gasteiger partial charge < -0.3 is 14.2 Å². The molecule has 1 aromatic carbocycles. The van der Waals surface area contributed by atoms with Crippen LogP contribution in [0.4, 0.5) is 0 Å². The summed E-state index contributed by atoms with van der Waals surface area (Å²) in [4.78, 5) is 31.1. The van der Waals surface area contributed by atoms with Crippen molar-refractivity contribution in [2.75, 3.05) is 52.4 Å². The van der Waals surface area contributed by atoms with E-state index in [4.69, 9.17) is 4.42 Å². The topological polar surface area (TPSA) is 69.0 Å². The Hall–Kier alpha value is -2.64. The van der Waals surface area contributed by atoms with E-state index in [0.717, 1.165) is 50.3 Å². The largest absolute Gasteiger partial charge is 0.467 e. The first-order valence-electron chi connectivity index (χ1n) is 10.8. The van der Waals surface area contributed by atoms with Gasteiger partial charge in [0, 0.05) is 39.3 Å². The quantitative estimate of drug-likeness (QED) is 0.753. The summed E-state index contributed by atoms with van der Waals surface area (Å²) in [5, 5.41) is 3.36. The van der Waals surface area contributed by atoms with Crippen LogP contribution in [0.5, 0.6) is 0 Å². The fourth-order valence-corrected chi connectivity index (χ4v) is 4.20. The Morgan fingerprint density at radius 2 is 1.57 bits per heavy atom. The van der Waals surface area contributed by atoms with Crippen LogP contribution in [-0.4, -0.2) is 78.9 Å². The van der Waals surface area contributed by atoms with E-state index in [0.29, 0.717) is 19.6 Å². The van der Waals surface area contributed by atoms with Gasteiger partial charge in [-0.2, -0.15) is 0 Å². The minimum Gasteiger partial charge on any atom is -0.467 e. The average molecular weight is 411 g/mol. The fraction of sp³-hybridized carbons (Fsp3) is 0.478. The molecule has 4 rings (SSSR count). The standard InChI is InChI=1S/C23H30N4O3/c28-21(17-24-23(20-9-6-16-30-20)19-7-2-1-3-8-19)27-14-12-25(13-15-27)18-22(29)26-10-4-5-11-26/h1-3,6-9,16,23-24H,4-5,10-15,17-18H2/t23-/m1/s1. The summed E-state index contributed by atoms with van der Waals surface area (Å²) in [7, 11) is 0. The second kappa shape index (κ2) is 9.91. The van der Waals surface area contributed by atoms with Gasteiger partial charge in [-0.05, 0) is 30.5 Å². The first kappa shape index (κ1) is 20.6. The molecule has 0 aliphatic carbocycles. The summed E-state index contributed by atoms with van der Waals surface area (Å²) in [6.07, 6.45) is 3.88. The third-order valence-corrected chi connectivity index (χ3v) is 5.96. The zero-order chi connectivity index (χ0) is 20.8. The zero-order valence-corrected chi connectivity index (χ0v) is 17.3. The summed E-state index contributed by atoms with van der Waals surface area (Å²) in [5.41, 5.74) is 1.06. The molecule has 0 spiro atoms. The van der Waals surface area contributed by atoms with E-state index in [1.54, 1.807) is 6.26 Å². The van der Waals surface area contributed by atoms with Crippen molar-refractivity contribution in [1.82, 2.24) is 20.0 Å². The van der Waals surface area contributed by atoms with Crippen molar-refractivity contribution in [3.63, 3.8) is 0 Å². The van der Waals surface area contributed by atoms with Gasteiger partial charge in [0.2, 0.25) is 11.8 Å². The maximum Gasteiger partial charge on any atom is 0.236 e. The minimum atomic E-state index is -0.162. The van der Waals surface area contributed by atoms with Gasteiger partial charge in [-0.15, -0.1) is 0 Å². The van der Waals surface area contributed by atoms with Crippen molar-refractivity contribution in [3.05, 3.63) is 60.1 Å². The van der Waals surface area contributed by atoms with E-state index < -0.39 is 0 Å². The second-order valence-corrected chi connectivity index (χ2v) is 7.98. The fourth-order valence-electron chi connectivity index (χ4n) is 4.20. The van der Waals surface area contributed by atoms with Crippen LogP contribution in [0.25, 0.3) is 0 Å². The number of nitrogens with one attached hydrogen (secondary N) is 1. The average Bonchev–Trinajstić information content (AvgIpc) is 3.50. The predicted molar refractivity (Wildman–Crippen MR) is 114 cm³/mol. The zero-order valence-electron chi connectivity index (χ0n) is 17.3. The molecule has 7 nitrogen and oxygen atoms in total. The van der Waals surface area contributed by atoms with E-state index in [1.807, 2.05) is 52.3 Å². The molecule has 2 fully saturated rings. The summed E-state index contributed by atoms with van der Waals surface area (Å²) in [6, 6.07) is 13.6. The van der Waals surface area contributed by atoms with Gasteiger partial charge in [-0.1, -0.05) is 30.3 Å². The molecule has 7 heteroatoms. The van der Waals surface area contributed by atoms with Crippen LogP contribution in [0.1, 0.15) is 30.2 Å². The number of hydrogen-bond acceptors (Lipinski definition) is 5. The third kappa shape index (κ3) is 5.09. The number of hydrogen-bond donors (Lipinski definition) is 1. The van der Waals surface area contributed by atoms with Crippen LogP contribution in [0.3, 0.4) is 0 Å². The van der Waals surface area contributed by atoms with Crippen molar-refractivity contribution < 1.29 is 14.0 Å². The first-order valence-corrected chi connectivity index (χ1v) is 10.8. The second-order valence-electron chi connectivity index (χ2n) is 7.98. The Labute approximate surface area is 177 Å². The molecule has 0 unspecified atom stereocenters. The molecule has 1 N–H and O–H groups in total. The molecule has 2 saturated heterocycles. The Kier molecular flexibility index (Phi) is 6.81. The lowest BCUT2D eigenvalue weighted by atomic mass is 10.0. The van der Waals surface area contributed by atoms with Gasteiger partial charge in [0.05, 0.1) is 25.4 Å². The third-order valence-electron chi connectivity index (χ3n) is 5.96. The summed E-state index contributed by atoms with van der Waals surface area (Å²) in [5.74, 6) is 1.09. The Balaban J connectivity index is 1.26. The van der Waals surface area contributed by atoms with E-state index in [9.17, 15) is 9.59 Å². The number of rotatable bonds is 7. The number of piperazine rings is 1. The highest BCUT2D eigenvalue weighted by Gasteiger charge is 2.26. The van der Waals surface area contributed by atoms with Crippen LogP contribution < -0.4 is 5.32 Å². The number of benzene rings is 1. The first-order chi connectivity index (χ1) is 14.7. The Bertz CT molecular complexity index is 810. The number of furan rings is 1. The number of likely N-dealkylation sites (tertiary alicyclic amines) is 1. The van der Waals surface area contributed by atoms with E-state index in [1.165, 1.54) is 0 Å². The lowest BCUT2D eigenvalue weighted by Crippen LogP contribution is -2.53. The highest BCUT2D eigenvalue weighted by Crippen LogP contribution is 2.22. The van der Waals surface area contributed by atoms with Crippen molar-refractivity contribution >= 4 is 11.8 Å². The van der Waals surface area contributed by atoms with Crippen LogP contribution in [0.15, 0.2) is 53.1 Å². The molecule has 2 aliphatic rings. The summed E-state index contributed by atoms with van der Waals surface area (Å²) < 4.78 is 5.59. The van der Waals surface area contributed by atoms with Crippen molar-refractivity contribution in [2.45, 2.75) is 18.9 Å². The summed E-state index contributed by atoms with van der Waals surface area (Å²) in [6.45, 7) is 5.29. The molecule has 30 heavy (non-hydrogen) atoms. The number of carbonyl (C=O) groups is 2. The molecule has 1 atom stereocenters. The predicted octanol–water partition coefficient (Wildman–Crippen LogP) is 1.73. The number of amides is 2. The van der Waals surface area contributed by atoms with Gasteiger partial charge in [0.1, 0.15) is 5.76 Å². The van der Waals surface area contributed by atoms with Gasteiger partial charge >= 0.3 is 0 Å². The van der Waals surface area contributed by atoms with Crippen molar-refractivity contribution in [2.24, 2.45) is 0 Å². The lowest BCUT2D eigenvalue weighted by molar-refractivity contribution is -0.134. The monoisotopic (exact) mass is 410 g/mol. The SMILES string of the molecule is O=C(CN[C@H](c1ccccc1)c1ccco1)N1CCN(CC(=O)N2CCCC2)CC1. The van der Waals surface area contributed by atoms with E-state index >= 15 is 0 Å². The smallest absolute Gasteiger partial charge is 0.236 e. The maximum absolute atomic E-state index is 12.8. The van der Waals surface area contributed by atoms with Crippen LogP contribution in [0.2, 0.25) is 0 Å². The minimum absolute atomic E-state index is 0.0769. The molecule has 0 saturated carbocycles. The van der Waals surface area contributed by atoms with Gasteiger partial charge in [0.25, 0.3) is 0 Å². The Morgan fingerprint density at radius 3 is 2.23 bits per heavy atom. The van der Waals surface area contributed by atoms with Crippen LogP contribution in [0, 0.1) is 0 Å². The van der Waals surface area contributed by atoms with E-state index in [2.05, 4.69) is 10.2 Å². The number of carbonyl (C=O) groups excluding carboxylic acids is 2. The molecule has 0 radical (unpaired) electrons. The molecule has 2 aliphatic heterocycles. The van der Waals surface area contributed by atoms with Gasteiger partial charge in [0.15, 0.2) is 0 Å². The molecule has 0 bridgehead atoms. The number of nitrogens with zero attached hydrogens (tertiary/aromatic N) is 3. The van der Waals surface area contributed by atoms with Crippen LogP contribution >= 0.6 is 0 Å². The van der Waals surface area contributed by atoms with E-state index in [-0.39, 0.29) is 24.4 Å². The Morgan fingerprint density at radius 1 is 0.867 bits per heavy atom. The molecular formula is C23H30N4O3. The molecule has 1 aromatic heterocycles. The summed E-state index contributed by atoms with van der Waals surface area (Å²) >= 11 is 0. The molecular weight excluding hydrogens is 380 g/mol. The maximum atomic E-state index is 12.8. The highest BCUT2D eigenvalue weighted by molar-refractivity contribution is 5.79. The lowest BCUT2D eigenvalue weighted by Gasteiger charge is -2.35. The van der Waals surface area contributed by atoms with Gasteiger partial charge in [-0.3, -0.25) is 19.8 Å². The van der Waals surface area contributed by atoms with Crippen molar-refractivity contribution in [1.29, 1.82) is 0 Å². The van der Waals surface area contributed by atoms with Crippen molar-refractivity contribution in [3.8, 4) is 0 Å².